The summed E-state index contributed by atoms with van der Waals surface area (Å²) in [6.45, 7) is 0. The Morgan fingerprint density at radius 3 is 1.88 bits per heavy atom. The zero-order valence-corrected chi connectivity index (χ0v) is 11.6. The van der Waals surface area contributed by atoms with E-state index in [1.807, 2.05) is 0 Å². The van der Waals surface area contributed by atoms with Crippen LogP contribution >= 0.6 is 7.82 Å². The van der Waals surface area contributed by atoms with Crippen molar-refractivity contribution < 1.29 is 29.1 Å². The fraction of sp³-hybridized carbons (Fsp3) is 0. The van der Waals surface area contributed by atoms with Crippen molar-refractivity contribution in [2.75, 3.05) is 0 Å². The molecule has 0 fully saturated rings. The summed E-state index contributed by atoms with van der Waals surface area (Å²) in [5, 5.41) is 18.7. The van der Waals surface area contributed by atoms with Gasteiger partial charge in [-0.05, 0) is 35.4 Å². The first kappa shape index (κ1) is 27.0. The van der Waals surface area contributed by atoms with Gasteiger partial charge in [-0.3, -0.25) is 9.79 Å². The molecule has 2 rings (SSSR count). The number of phosphoric ester groups is 1. The van der Waals surface area contributed by atoms with Crippen LogP contribution in [0.5, 0.6) is 17.2 Å². The molecule has 2 aromatic carbocycles. The molecule has 0 heterocycles. The second-order valence-corrected chi connectivity index (χ2v) is 5.43. The van der Waals surface area contributed by atoms with Crippen LogP contribution < -0.4 is 4.52 Å². The van der Waals surface area contributed by atoms with Gasteiger partial charge in [0.05, 0.1) is 0 Å². The fourth-order valence-electron chi connectivity index (χ4n) is 1.67. The van der Waals surface area contributed by atoms with Gasteiger partial charge in [0.15, 0.2) is 0 Å². The second kappa shape index (κ2) is 12.2. The fourth-order valence-corrected chi connectivity index (χ4v) is 2.05. The molecule has 10 heteroatoms. The Bertz CT molecular complexity index is 715. The van der Waals surface area contributed by atoms with Gasteiger partial charge in [0.2, 0.25) is 0 Å². The molecule has 0 saturated carbocycles. The molecule has 0 aromatic heterocycles. The maximum absolute atomic E-state index is 10.8. The van der Waals surface area contributed by atoms with E-state index in [-0.39, 0.29) is 106 Å². The van der Waals surface area contributed by atoms with Gasteiger partial charge in [-0.15, -0.1) is 0 Å². The summed E-state index contributed by atoms with van der Waals surface area (Å²) in [4.78, 5) is 17.5. The SMILES string of the molecule is O=P(O)(O)Oc1cc(O)cc(/C=C/c2ccc(O)cc2)c1.[NaH].[NaH].[NaH]. The summed E-state index contributed by atoms with van der Waals surface area (Å²) in [5.74, 6) is -0.151. The Hall–Kier alpha value is 0.730. The van der Waals surface area contributed by atoms with Crippen LogP contribution in [0.3, 0.4) is 0 Å². The quantitative estimate of drug-likeness (QED) is 0.355. The summed E-state index contributed by atoms with van der Waals surface area (Å²) in [6, 6.07) is 10.4. The van der Waals surface area contributed by atoms with E-state index in [9.17, 15) is 14.8 Å². The van der Waals surface area contributed by atoms with E-state index in [1.165, 1.54) is 24.3 Å². The number of phenols is 2. The van der Waals surface area contributed by atoms with Crippen LogP contribution in [0.4, 0.5) is 0 Å². The molecule has 0 unspecified atom stereocenters. The molecule has 0 atom stereocenters. The molecule has 0 spiro atoms. The number of aromatic hydroxyl groups is 2. The third-order valence-electron chi connectivity index (χ3n) is 2.50. The summed E-state index contributed by atoms with van der Waals surface area (Å²) in [7, 11) is -4.67. The van der Waals surface area contributed by atoms with Gasteiger partial charge in [0, 0.05) is 6.07 Å². The number of benzene rings is 2. The molecule has 4 N–H and O–H groups in total. The second-order valence-electron chi connectivity index (χ2n) is 4.27. The van der Waals surface area contributed by atoms with Crippen LogP contribution in [0.1, 0.15) is 11.1 Å². The van der Waals surface area contributed by atoms with Gasteiger partial charge in [0.1, 0.15) is 17.2 Å². The van der Waals surface area contributed by atoms with Crippen LogP contribution in [0, 0.1) is 0 Å². The van der Waals surface area contributed by atoms with Crippen LogP contribution in [-0.2, 0) is 4.57 Å². The van der Waals surface area contributed by atoms with E-state index in [4.69, 9.17) is 9.79 Å². The van der Waals surface area contributed by atoms with E-state index < -0.39 is 7.82 Å². The molecule has 0 aliphatic carbocycles. The molecule has 0 aliphatic rings. The minimum atomic E-state index is -4.67. The van der Waals surface area contributed by atoms with Crippen LogP contribution in [0.25, 0.3) is 12.2 Å². The van der Waals surface area contributed by atoms with Crippen molar-refractivity contribution in [2.45, 2.75) is 0 Å². The number of phenolic OH excluding ortho intramolecular Hbond substituents is 2. The van der Waals surface area contributed by atoms with Crippen molar-refractivity contribution in [3.8, 4) is 17.2 Å². The average molecular weight is 380 g/mol. The molecule has 0 amide bonds. The molecule has 116 valence electrons. The first-order chi connectivity index (χ1) is 9.82. The van der Waals surface area contributed by atoms with Crippen molar-refractivity contribution in [3.63, 3.8) is 0 Å². The maximum atomic E-state index is 10.8. The first-order valence-corrected chi connectivity index (χ1v) is 7.41. The van der Waals surface area contributed by atoms with Gasteiger partial charge >= 0.3 is 96.5 Å². The first-order valence-electron chi connectivity index (χ1n) is 5.88. The monoisotopic (exact) mass is 380 g/mol. The molecule has 0 radical (unpaired) electrons. The summed E-state index contributed by atoms with van der Waals surface area (Å²) >= 11 is 0. The number of phosphoric acid groups is 1. The van der Waals surface area contributed by atoms with E-state index in [0.29, 0.717) is 5.56 Å². The van der Waals surface area contributed by atoms with E-state index in [2.05, 4.69) is 4.52 Å². The van der Waals surface area contributed by atoms with Crippen LogP contribution in [0.15, 0.2) is 42.5 Å². The van der Waals surface area contributed by atoms with E-state index >= 15 is 0 Å². The molecule has 0 aliphatic heterocycles. The van der Waals surface area contributed by atoms with E-state index in [1.54, 1.807) is 24.3 Å². The van der Waals surface area contributed by atoms with Gasteiger partial charge in [-0.1, -0.05) is 24.3 Å². The summed E-state index contributed by atoms with van der Waals surface area (Å²) in [6.07, 6.45) is 3.36. The predicted octanol–water partition coefficient (Wildman–Crippen LogP) is 0.794. The molecular formula is C14H16Na3O6P. The average Bonchev–Trinajstić information content (AvgIpc) is 2.35. The number of rotatable bonds is 4. The minimum absolute atomic E-state index is 0. The predicted molar refractivity (Wildman–Crippen MR) is 99.3 cm³/mol. The topological polar surface area (TPSA) is 107 Å². The molecule has 6 nitrogen and oxygen atoms in total. The van der Waals surface area contributed by atoms with Crippen molar-refractivity contribution in [1.82, 2.24) is 0 Å². The molecule has 0 saturated heterocycles. The zero-order valence-electron chi connectivity index (χ0n) is 10.7. The normalized spacial score (nSPS) is 10.2. The van der Waals surface area contributed by atoms with Gasteiger partial charge in [-0.25, -0.2) is 4.57 Å². The van der Waals surface area contributed by atoms with Gasteiger partial charge in [-0.2, -0.15) is 0 Å². The number of hydrogen-bond acceptors (Lipinski definition) is 4. The van der Waals surface area contributed by atoms with Crippen LogP contribution in [0.2, 0.25) is 0 Å². The zero-order chi connectivity index (χ0) is 15.5. The van der Waals surface area contributed by atoms with E-state index in [0.717, 1.165) is 11.6 Å². The Morgan fingerprint density at radius 2 is 1.33 bits per heavy atom. The van der Waals surface area contributed by atoms with Gasteiger partial charge in [0.25, 0.3) is 0 Å². The summed E-state index contributed by atoms with van der Waals surface area (Å²) in [5.41, 5.74) is 1.32. The Kier molecular flexibility index (Phi) is 13.7. The van der Waals surface area contributed by atoms with Crippen molar-refractivity contribution in [1.29, 1.82) is 0 Å². The molecule has 2 aromatic rings. The van der Waals surface area contributed by atoms with Gasteiger partial charge < -0.3 is 14.7 Å². The Labute approximate surface area is 206 Å². The van der Waals surface area contributed by atoms with Crippen molar-refractivity contribution in [3.05, 3.63) is 53.6 Å². The molecule has 24 heavy (non-hydrogen) atoms. The Morgan fingerprint density at radius 1 is 0.792 bits per heavy atom. The van der Waals surface area contributed by atoms with Crippen LogP contribution in [-0.4, -0.2) is 109 Å². The van der Waals surface area contributed by atoms with Crippen molar-refractivity contribution >= 4 is 109 Å². The molecule has 0 bridgehead atoms. The third kappa shape index (κ3) is 10.0. The Balaban J connectivity index is 0. The number of hydrogen-bond donors (Lipinski definition) is 4. The van der Waals surface area contributed by atoms with Crippen molar-refractivity contribution in [2.24, 2.45) is 0 Å². The standard InChI is InChI=1S/C14H13O6P.3Na.3H/c15-12-5-3-10(4-6-12)1-2-11-7-13(16)9-14(8-11)20-21(17,18)19;;;;;;/h1-9,15-16H,(H2,17,18,19);;;;;;/b2-1+;;;;;;. The third-order valence-corrected chi connectivity index (χ3v) is 2.95. The molecular weight excluding hydrogens is 364 g/mol. The summed E-state index contributed by atoms with van der Waals surface area (Å²) < 4.78 is 15.2.